The minimum absolute atomic E-state index is 0.0631. The Kier molecular flexibility index (Phi) is 2.72. The molecule has 80 valence electrons. The predicted octanol–water partition coefficient (Wildman–Crippen LogP) is 2.03. The Morgan fingerprint density at radius 1 is 1.53 bits per heavy atom. The number of amides is 1. The maximum atomic E-state index is 11.7. The van der Waals surface area contributed by atoms with Gasteiger partial charge in [-0.15, -0.1) is 0 Å². The maximum absolute atomic E-state index is 11.7. The van der Waals surface area contributed by atoms with E-state index in [1.54, 1.807) is 0 Å². The average molecular weight is 316 g/mol. The van der Waals surface area contributed by atoms with Gasteiger partial charge in [0.1, 0.15) is 0 Å². The van der Waals surface area contributed by atoms with E-state index in [1.165, 1.54) is 0 Å². The van der Waals surface area contributed by atoms with Gasteiger partial charge in [0.2, 0.25) is 5.91 Å². The van der Waals surface area contributed by atoms with Gasteiger partial charge in [0.25, 0.3) is 0 Å². The Labute approximate surface area is 103 Å². The van der Waals surface area contributed by atoms with E-state index in [4.69, 9.17) is 5.73 Å². The van der Waals surface area contributed by atoms with E-state index < -0.39 is 5.54 Å². The third kappa shape index (κ3) is 2.31. The zero-order valence-corrected chi connectivity index (χ0v) is 10.7. The van der Waals surface area contributed by atoms with Crippen molar-refractivity contribution in [1.82, 2.24) is 0 Å². The third-order valence-corrected chi connectivity index (χ3v) is 3.35. The minimum Gasteiger partial charge on any atom is -0.324 e. The van der Waals surface area contributed by atoms with Crippen LogP contribution in [0.15, 0.2) is 18.2 Å². The quantitative estimate of drug-likeness (QED) is 0.820. The van der Waals surface area contributed by atoms with Crippen molar-refractivity contribution in [3.63, 3.8) is 0 Å². The first-order chi connectivity index (χ1) is 7.01. The van der Waals surface area contributed by atoms with E-state index in [1.807, 2.05) is 25.1 Å². The first kappa shape index (κ1) is 10.9. The number of aryl methyl sites for hydroxylation is 1. The molecule has 1 aromatic rings. The Balaban J connectivity index is 2.14. The largest absolute Gasteiger partial charge is 0.324 e. The highest BCUT2D eigenvalue weighted by Gasteiger charge is 2.45. The fourth-order valence-corrected chi connectivity index (χ4v) is 2.02. The van der Waals surface area contributed by atoms with Gasteiger partial charge in [-0.3, -0.25) is 4.79 Å². The molecule has 0 heterocycles. The Hall–Kier alpha value is -0.620. The van der Waals surface area contributed by atoms with Crippen LogP contribution in [0.25, 0.3) is 0 Å². The van der Waals surface area contributed by atoms with Crippen molar-refractivity contribution in [1.29, 1.82) is 0 Å². The highest BCUT2D eigenvalue weighted by atomic mass is 127. The summed E-state index contributed by atoms with van der Waals surface area (Å²) in [7, 11) is 0. The molecule has 0 aromatic heterocycles. The second kappa shape index (κ2) is 3.75. The normalized spacial score (nSPS) is 17.3. The van der Waals surface area contributed by atoms with E-state index >= 15 is 0 Å². The summed E-state index contributed by atoms with van der Waals surface area (Å²) in [6.07, 6.45) is 1.59. The number of carbonyl (C=O) groups is 1. The van der Waals surface area contributed by atoms with Crippen molar-refractivity contribution in [2.75, 3.05) is 5.32 Å². The van der Waals surface area contributed by atoms with Crippen molar-refractivity contribution in [3.8, 4) is 0 Å². The van der Waals surface area contributed by atoms with Crippen molar-refractivity contribution < 1.29 is 4.79 Å². The molecular formula is C11H13IN2O. The van der Waals surface area contributed by atoms with Gasteiger partial charge in [-0.1, -0.05) is 0 Å². The van der Waals surface area contributed by atoms with Crippen LogP contribution in [-0.4, -0.2) is 11.4 Å². The smallest absolute Gasteiger partial charge is 0.244 e. The van der Waals surface area contributed by atoms with E-state index in [0.717, 1.165) is 27.7 Å². The fraction of sp³-hybridized carbons (Fsp3) is 0.364. The number of carbonyl (C=O) groups excluding carboxylic acids is 1. The lowest BCUT2D eigenvalue weighted by Crippen LogP contribution is -2.37. The monoisotopic (exact) mass is 316 g/mol. The molecular weight excluding hydrogens is 303 g/mol. The maximum Gasteiger partial charge on any atom is 0.244 e. The molecule has 1 aliphatic rings. The number of hydrogen-bond donors (Lipinski definition) is 2. The highest BCUT2D eigenvalue weighted by Crippen LogP contribution is 2.33. The lowest BCUT2D eigenvalue weighted by molar-refractivity contribution is -0.118. The SMILES string of the molecule is Cc1cc(I)ccc1NC(=O)C1(N)CC1. The molecule has 0 saturated heterocycles. The molecule has 1 fully saturated rings. The van der Waals surface area contributed by atoms with Gasteiger partial charge in [-0.2, -0.15) is 0 Å². The topological polar surface area (TPSA) is 55.1 Å². The van der Waals surface area contributed by atoms with Crippen molar-refractivity contribution >= 4 is 34.2 Å². The molecule has 0 atom stereocenters. The first-order valence-corrected chi connectivity index (χ1v) is 5.96. The summed E-state index contributed by atoms with van der Waals surface area (Å²) in [5, 5.41) is 2.87. The molecule has 1 aliphatic carbocycles. The first-order valence-electron chi connectivity index (χ1n) is 4.88. The van der Waals surface area contributed by atoms with Gasteiger partial charge in [-0.25, -0.2) is 0 Å². The van der Waals surface area contributed by atoms with E-state index in [0.29, 0.717) is 0 Å². The molecule has 0 bridgehead atoms. The molecule has 0 radical (unpaired) electrons. The van der Waals surface area contributed by atoms with Crippen molar-refractivity contribution in [3.05, 3.63) is 27.3 Å². The molecule has 1 amide bonds. The second-order valence-corrected chi connectivity index (χ2v) is 5.32. The predicted molar refractivity (Wildman–Crippen MR) is 68.7 cm³/mol. The van der Waals surface area contributed by atoms with Crippen LogP contribution in [0.3, 0.4) is 0 Å². The van der Waals surface area contributed by atoms with Gasteiger partial charge in [0.05, 0.1) is 5.54 Å². The zero-order valence-electron chi connectivity index (χ0n) is 8.51. The Bertz CT molecular complexity index is 413. The molecule has 0 aliphatic heterocycles. The number of halogens is 1. The van der Waals surface area contributed by atoms with Gasteiger partial charge in [0.15, 0.2) is 0 Å². The average Bonchev–Trinajstić information content (AvgIpc) is 2.90. The summed E-state index contributed by atoms with van der Waals surface area (Å²) in [4.78, 5) is 11.7. The molecule has 2 rings (SSSR count). The van der Waals surface area contributed by atoms with E-state index in [2.05, 4.69) is 27.9 Å². The second-order valence-electron chi connectivity index (χ2n) is 4.07. The van der Waals surface area contributed by atoms with Crippen LogP contribution in [0.1, 0.15) is 18.4 Å². The number of hydrogen-bond acceptors (Lipinski definition) is 2. The van der Waals surface area contributed by atoms with Gasteiger partial charge in [0, 0.05) is 9.26 Å². The molecule has 0 spiro atoms. The molecule has 4 heteroatoms. The molecule has 1 aromatic carbocycles. The Morgan fingerprint density at radius 2 is 2.20 bits per heavy atom. The van der Waals surface area contributed by atoms with Crippen LogP contribution < -0.4 is 11.1 Å². The summed E-state index contributed by atoms with van der Waals surface area (Å²) < 4.78 is 1.16. The number of anilines is 1. The lowest BCUT2D eigenvalue weighted by Gasteiger charge is -2.12. The van der Waals surface area contributed by atoms with Crippen molar-refractivity contribution in [2.24, 2.45) is 5.73 Å². The standard InChI is InChI=1S/C11H13IN2O/c1-7-6-8(12)2-3-9(7)14-10(15)11(13)4-5-11/h2-3,6H,4-5,13H2,1H3,(H,14,15). The third-order valence-electron chi connectivity index (χ3n) is 2.68. The summed E-state index contributed by atoms with van der Waals surface area (Å²) in [6.45, 7) is 1.98. The highest BCUT2D eigenvalue weighted by molar-refractivity contribution is 14.1. The Morgan fingerprint density at radius 3 is 2.73 bits per heavy atom. The van der Waals surface area contributed by atoms with Crippen molar-refractivity contribution in [2.45, 2.75) is 25.3 Å². The summed E-state index contributed by atoms with van der Waals surface area (Å²) in [5.41, 5.74) is 7.13. The number of nitrogens with one attached hydrogen (secondary N) is 1. The van der Waals surface area contributed by atoms with Crippen LogP contribution in [0.5, 0.6) is 0 Å². The summed E-state index contributed by atoms with van der Waals surface area (Å²) >= 11 is 2.25. The van der Waals surface area contributed by atoms with Crippen LogP contribution in [0.4, 0.5) is 5.69 Å². The van der Waals surface area contributed by atoms with E-state index in [-0.39, 0.29) is 5.91 Å². The molecule has 3 N–H and O–H groups in total. The van der Waals surface area contributed by atoms with Gasteiger partial charge in [-0.05, 0) is 66.1 Å². The molecule has 0 unspecified atom stereocenters. The van der Waals surface area contributed by atoms with Crippen LogP contribution >= 0.6 is 22.6 Å². The molecule has 1 saturated carbocycles. The lowest BCUT2D eigenvalue weighted by atomic mass is 10.2. The number of benzene rings is 1. The molecule has 15 heavy (non-hydrogen) atoms. The minimum atomic E-state index is -0.602. The van der Waals surface area contributed by atoms with Gasteiger partial charge < -0.3 is 11.1 Å². The van der Waals surface area contributed by atoms with Crippen LogP contribution in [0.2, 0.25) is 0 Å². The zero-order chi connectivity index (χ0) is 11.1. The van der Waals surface area contributed by atoms with Gasteiger partial charge >= 0.3 is 0 Å². The fourth-order valence-electron chi connectivity index (χ4n) is 1.38. The van der Waals surface area contributed by atoms with Crippen LogP contribution in [0, 0.1) is 10.5 Å². The van der Waals surface area contributed by atoms with Crippen LogP contribution in [-0.2, 0) is 4.79 Å². The van der Waals surface area contributed by atoms with E-state index in [9.17, 15) is 4.79 Å². The number of rotatable bonds is 2. The summed E-state index contributed by atoms with van der Waals surface area (Å²) in [6, 6.07) is 5.92. The summed E-state index contributed by atoms with van der Waals surface area (Å²) in [5.74, 6) is -0.0631. The number of nitrogens with two attached hydrogens (primary N) is 1. The molecule has 3 nitrogen and oxygen atoms in total.